The molecule has 0 saturated carbocycles. The molecule has 0 unspecified atom stereocenters. The van der Waals surface area contributed by atoms with E-state index in [1.165, 1.54) is 0 Å². The summed E-state index contributed by atoms with van der Waals surface area (Å²) in [5.41, 5.74) is 1.19. The fourth-order valence-corrected chi connectivity index (χ4v) is 3.24. The minimum atomic E-state index is -0.591. The van der Waals surface area contributed by atoms with Crippen LogP contribution in [0.3, 0.4) is 0 Å². The molecule has 2 aromatic heterocycles. The second kappa shape index (κ2) is 6.16. The van der Waals surface area contributed by atoms with Gasteiger partial charge in [-0.15, -0.1) is 0 Å². The third kappa shape index (κ3) is 2.88. The maximum Gasteiger partial charge on any atom is 0.259 e. The van der Waals surface area contributed by atoms with Crippen molar-refractivity contribution in [3.63, 3.8) is 0 Å². The molecule has 1 atom stereocenters. The van der Waals surface area contributed by atoms with E-state index in [1.807, 2.05) is 22.7 Å². The highest BCUT2D eigenvalue weighted by atomic mass is 16.5. The van der Waals surface area contributed by atoms with Crippen LogP contribution in [0.1, 0.15) is 46.6 Å². The first-order chi connectivity index (χ1) is 11.0. The molecule has 3 heterocycles. The number of hydrogen-bond acceptors (Lipinski definition) is 5. The van der Waals surface area contributed by atoms with Crippen LogP contribution in [0.15, 0.2) is 16.9 Å². The molecule has 7 heteroatoms. The molecule has 1 N–H and O–H groups in total. The van der Waals surface area contributed by atoms with Crippen LogP contribution in [-0.4, -0.2) is 43.7 Å². The van der Waals surface area contributed by atoms with Gasteiger partial charge in [-0.3, -0.25) is 4.79 Å². The standard InChI is InChI=1S/C16H22N4O3/c1-10-13(11(2)23-18-10)16(22)20-7-4-12(5-8-20)14(21)15-17-6-9-19(15)3/h6,9,12,14,21H,4-5,7-8H2,1-3H3/t14-/m1/s1. The average Bonchev–Trinajstić information content (AvgIpc) is 3.12. The number of aliphatic hydroxyl groups is 1. The van der Waals surface area contributed by atoms with Gasteiger partial charge in [-0.05, 0) is 32.6 Å². The van der Waals surface area contributed by atoms with Gasteiger partial charge in [-0.2, -0.15) is 0 Å². The lowest BCUT2D eigenvalue weighted by Crippen LogP contribution is -2.40. The van der Waals surface area contributed by atoms with Gasteiger partial charge in [0.1, 0.15) is 23.3 Å². The second-order valence-corrected chi connectivity index (χ2v) is 6.17. The Balaban J connectivity index is 1.65. The molecule has 124 valence electrons. The summed E-state index contributed by atoms with van der Waals surface area (Å²) in [4.78, 5) is 18.6. The van der Waals surface area contributed by atoms with Crippen molar-refractivity contribution in [3.05, 3.63) is 35.2 Å². The molecule has 1 saturated heterocycles. The highest BCUT2D eigenvalue weighted by Crippen LogP contribution is 2.30. The van der Waals surface area contributed by atoms with E-state index < -0.39 is 6.10 Å². The van der Waals surface area contributed by atoms with E-state index in [0.29, 0.717) is 35.9 Å². The average molecular weight is 318 g/mol. The van der Waals surface area contributed by atoms with Gasteiger partial charge >= 0.3 is 0 Å². The molecule has 1 fully saturated rings. The van der Waals surface area contributed by atoms with Crippen LogP contribution in [0.5, 0.6) is 0 Å². The second-order valence-electron chi connectivity index (χ2n) is 6.17. The number of imidazole rings is 1. The highest BCUT2D eigenvalue weighted by molar-refractivity contribution is 5.96. The van der Waals surface area contributed by atoms with Crippen LogP contribution in [0.25, 0.3) is 0 Å². The number of amides is 1. The Bertz CT molecular complexity index is 678. The molecule has 2 aromatic rings. The van der Waals surface area contributed by atoms with Gasteiger partial charge in [0.2, 0.25) is 0 Å². The van der Waals surface area contributed by atoms with E-state index in [2.05, 4.69) is 10.1 Å². The van der Waals surface area contributed by atoms with E-state index >= 15 is 0 Å². The smallest absolute Gasteiger partial charge is 0.259 e. The SMILES string of the molecule is Cc1noc(C)c1C(=O)N1CCC([C@@H](O)c2nccn2C)CC1. The zero-order chi connectivity index (χ0) is 16.6. The number of rotatable bonds is 3. The number of carbonyl (C=O) groups excluding carboxylic acids is 1. The van der Waals surface area contributed by atoms with Crippen LogP contribution in [0.4, 0.5) is 0 Å². The van der Waals surface area contributed by atoms with Crippen molar-refractivity contribution in [3.8, 4) is 0 Å². The van der Waals surface area contributed by atoms with Gasteiger partial charge in [0.05, 0.1) is 5.69 Å². The lowest BCUT2D eigenvalue weighted by Gasteiger charge is -2.34. The van der Waals surface area contributed by atoms with E-state index in [0.717, 1.165) is 12.8 Å². The Labute approximate surface area is 134 Å². The molecule has 1 aliphatic heterocycles. The third-order valence-electron chi connectivity index (χ3n) is 4.64. The number of nitrogens with zero attached hydrogens (tertiary/aromatic N) is 4. The predicted molar refractivity (Wildman–Crippen MR) is 82.8 cm³/mol. The minimum Gasteiger partial charge on any atom is -0.385 e. The molecule has 0 bridgehead atoms. The number of likely N-dealkylation sites (tertiary alicyclic amines) is 1. The summed E-state index contributed by atoms with van der Waals surface area (Å²) in [6.45, 7) is 4.77. The molecule has 23 heavy (non-hydrogen) atoms. The monoisotopic (exact) mass is 318 g/mol. The Morgan fingerprint density at radius 2 is 2.09 bits per heavy atom. The topological polar surface area (TPSA) is 84.4 Å². The maximum absolute atomic E-state index is 12.6. The van der Waals surface area contributed by atoms with E-state index in [4.69, 9.17) is 4.52 Å². The summed E-state index contributed by atoms with van der Waals surface area (Å²) in [7, 11) is 1.88. The van der Waals surface area contributed by atoms with Gasteiger partial charge in [0.25, 0.3) is 5.91 Å². The summed E-state index contributed by atoms with van der Waals surface area (Å²) in [5.74, 6) is 1.32. The summed E-state index contributed by atoms with van der Waals surface area (Å²) in [5, 5.41) is 14.3. The number of piperidine rings is 1. The molecular formula is C16H22N4O3. The molecule has 0 spiro atoms. The van der Waals surface area contributed by atoms with Crippen molar-refractivity contribution in [2.75, 3.05) is 13.1 Å². The zero-order valence-electron chi connectivity index (χ0n) is 13.7. The lowest BCUT2D eigenvalue weighted by molar-refractivity contribution is 0.0419. The molecule has 1 aliphatic rings. The molecule has 1 amide bonds. The van der Waals surface area contributed by atoms with Crippen LogP contribution in [0, 0.1) is 19.8 Å². The van der Waals surface area contributed by atoms with Crippen molar-refractivity contribution in [2.45, 2.75) is 32.8 Å². The molecule has 7 nitrogen and oxygen atoms in total. The van der Waals surface area contributed by atoms with E-state index in [-0.39, 0.29) is 11.8 Å². The molecule has 3 rings (SSSR count). The minimum absolute atomic E-state index is 0.0359. The van der Waals surface area contributed by atoms with Gasteiger partial charge in [-0.1, -0.05) is 5.16 Å². The zero-order valence-corrected chi connectivity index (χ0v) is 13.7. The largest absolute Gasteiger partial charge is 0.385 e. The van der Waals surface area contributed by atoms with Gasteiger partial charge < -0.3 is 19.1 Å². The van der Waals surface area contributed by atoms with Crippen LogP contribution < -0.4 is 0 Å². The molecule has 0 radical (unpaired) electrons. The van der Waals surface area contributed by atoms with Crippen molar-refractivity contribution < 1.29 is 14.4 Å². The van der Waals surface area contributed by atoms with E-state index in [9.17, 15) is 9.90 Å². The summed E-state index contributed by atoms with van der Waals surface area (Å²) >= 11 is 0. The van der Waals surface area contributed by atoms with Crippen molar-refractivity contribution >= 4 is 5.91 Å². The van der Waals surface area contributed by atoms with Crippen LogP contribution in [-0.2, 0) is 7.05 Å². The number of hydrogen-bond donors (Lipinski definition) is 1. The molecule has 0 aliphatic carbocycles. The Kier molecular flexibility index (Phi) is 4.21. The fourth-order valence-electron chi connectivity index (χ4n) is 3.24. The Hall–Kier alpha value is -2.15. The number of carbonyl (C=O) groups is 1. The summed E-state index contributed by atoms with van der Waals surface area (Å²) in [6, 6.07) is 0. The van der Waals surface area contributed by atoms with Crippen molar-refractivity contribution in [1.82, 2.24) is 19.6 Å². The third-order valence-corrected chi connectivity index (χ3v) is 4.64. The number of aromatic nitrogens is 3. The quantitative estimate of drug-likeness (QED) is 0.929. The lowest BCUT2D eigenvalue weighted by atomic mass is 9.90. The maximum atomic E-state index is 12.6. The molecule has 0 aromatic carbocycles. The van der Waals surface area contributed by atoms with E-state index in [1.54, 1.807) is 20.0 Å². The fraction of sp³-hybridized carbons (Fsp3) is 0.562. The summed E-state index contributed by atoms with van der Waals surface area (Å²) in [6.07, 6.45) is 4.43. The Morgan fingerprint density at radius 3 is 2.61 bits per heavy atom. The molecular weight excluding hydrogens is 296 g/mol. The van der Waals surface area contributed by atoms with Crippen LogP contribution in [0.2, 0.25) is 0 Å². The van der Waals surface area contributed by atoms with Crippen LogP contribution >= 0.6 is 0 Å². The van der Waals surface area contributed by atoms with Gasteiger partial charge in [0, 0.05) is 32.5 Å². The summed E-state index contributed by atoms with van der Waals surface area (Å²) < 4.78 is 6.92. The first kappa shape index (κ1) is 15.7. The number of aryl methyl sites for hydroxylation is 3. The highest BCUT2D eigenvalue weighted by Gasteiger charge is 2.32. The van der Waals surface area contributed by atoms with Crippen molar-refractivity contribution in [2.24, 2.45) is 13.0 Å². The Morgan fingerprint density at radius 1 is 1.39 bits per heavy atom. The van der Waals surface area contributed by atoms with Crippen molar-refractivity contribution in [1.29, 1.82) is 0 Å². The first-order valence-corrected chi connectivity index (χ1v) is 7.86. The predicted octanol–water partition coefficient (Wildman–Crippen LogP) is 1.61. The normalized spacial score (nSPS) is 17.5. The first-order valence-electron chi connectivity index (χ1n) is 7.86. The number of aliphatic hydroxyl groups excluding tert-OH is 1. The van der Waals surface area contributed by atoms with Gasteiger partial charge in [0.15, 0.2) is 0 Å². The van der Waals surface area contributed by atoms with Gasteiger partial charge in [-0.25, -0.2) is 4.98 Å².